The maximum absolute atomic E-state index is 13.5. The first kappa shape index (κ1) is 23.9. The molecule has 2 saturated heterocycles. The molecule has 2 aromatic carbocycles. The van der Waals surface area contributed by atoms with Crippen molar-refractivity contribution in [3.63, 3.8) is 0 Å². The lowest BCUT2D eigenvalue weighted by molar-refractivity contribution is -0.125. The van der Waals surface area contributed by atoms with E-state index in [4.69, 9.17) is 9.47 Å². The highest BCUT2D eigenvalue weighted by Gasteiger charge is 2.41. The summed E-state index contributed by atoms with van der Waals surface area (Å²) in [6.07, 6.45) is 1.63. The van der Waals surface area contributed by atoms with E-state index in [1.807, 2.05) is 18.2 Å². The molecule has 188 valence electrons. The van der Waals surface area contributed by atoms with Crippen LogP contribution in [0, 0.1) is 11.7 Å². The molecule has 0 aromatic heterocycles. The van der Waals surface area contributed by atoms with Crippen molar-refractivity contribution in [2.45, 2.75) is 18.9 Å². The number of hydrogen-bond acceptors (Lipinski definition) is 6. The van der Waals surface area contributed by atoms with Crippen LogP contribution in [0.3, 0.4) is 0 Å². The van der Waals surface area contributed by atoms with Gasteiger partial charge in [-0.15, -0.1) is 0 Å². The number of benzene rings is 2. The van der Waals surface area contributed by atoms with Crippen LogP contribution in [0.1, 0.15) is 12.0 Å². The van der Waals surface area contributed by atoms with Crippen LogP contribution in [0.25, 0.3) is 0 Å². The van der Waals surface area contributed by atoms with E-state index in [9.17, 15) is 9.18 Å². The van der Waals surface area contributed by atoms with Gasteiger partial charge in [0.05, 0.1) is 32.3 Å². The average Bonchev–Trinajstić information content (AvgIpc) is 2.91. The first-order valence-electron chi connectivity index (χ1n) is 12.6. The number of rotatable bonds is 7. The second-order valence-corrected chi connectivity index (χ2v) is 9.59. The maximum Gasteiger partial charge on any atom is 0.225 e. The standard InChI is InChI=1S/C27H35FN4O3/c1-34-23-8-3-20-17-24(27(33)29-9-2-10-30-13-15-35-16-14-30)26-19-31(11-12-32(26)25(20)18-23)22-6-4-21(28)5-7-22/h3-8,18,24,26H,2,9-17,19H2,1H3,(H,29,33)/t24-,26+/m0/s1. The molecule has 0 spiro atoms. The van der Waals surface area contributed by atoms with Crippen molar-refractivity contribution < 1.29 is 18.7 Å². The number of nitrogens with zero attached hydrogens (tertiary/aromatic N) is 3. The molecule has 3 heterocycles. The van der Waals surface area contributed by atoms with Gasteiger partial charge >= 0.3 is 0 Å². The number of methoxy groups -OCH3 is 1. The van der Waals surface area contributed by atoms with Crippen molar-refractivity contribution in [2.24, 2.45) is 5.92 Å². The lowest BCUT2D eigenvalue weighted by atomic mass is 9.83. The van der Waals surface area contributed by atoms with Gasteiger partial charge in [0.15, 0.2) is 0 Å². The summed E-state index contributed by atoms with van der Waals surface area (Å²) in [5, 5.41) is 3.22. The SMILES string of the molecule is COc1ccc2c(c1)N1CCN(c3ccc(F)cc3)C[C@@H]1[C@@H](C(=O)NCCCN1CCOCC1)C2. The molecule has 2 atom stereocenters. The highest BCUT2D eigenvalue weighted by molar-refractivity contribution is 5.82. The number of nitrogens with one attached hydrogen (secondary N) is 1. The Bertz CT molecular complexity index is 1010. The van der Waals surface area contributed by atoms with Gasteiger partial charge in [-0.2, -0.15) is 0 Å². The van der Waals surface area contributed by atoms with E-state index in [1.165, 1.54) is 17.7 Å². The predicted octanol–water partition coefficient (Wildman–Crippen LogP) is 2.54. The van der Waals surface area contributed by atoms with Crippen LogP contribution in [-0.2, 0) is 16.0 Å². The van der Waals surface area contributed by atoms with E-state index in [-0.39, 0.29) is 23.7 Å². The molecule has 3 aliphatic rings. The van der Waals surface area contributed by atoms with Crippen LogP contribution in [0.15, 0.2) is 42.5 Å². The molecule has 0 radical (unpaired) electrons. The fraction of sp³-hybridized carbons (Fsp3) is 0.519. The van der Waals surface area contributed by atoms with Gasteiger partial charge < -0.3 is 24.6 Å². The van der Waals surface area contributed by atoms with Crippen LogP contribution < -0.4 is 19.9 Å². The number of halogens is 1. The summed E-state index contributed by atoms with van der Waals surface area (Å²) in [5.41, 5.74) is 3.34. The fourth-order valence-corrected chi connectivity index (χ4v) is 5.56. The molecule has 0 aliphatic carbocycles. The Morgan fingerprint density at radius 1 is 1.11 bits per heavy atom. The Labute approximate surface area is 206 Å². The van der Waals surface area contributed by atoms with Crippen LogP contribution in [0.4, 0.5) is 15.8 Å². The Balaban J connectivity index is 1.30. The van der Waals surface area contributed by atoms with E-state index in [0.717, 1.165) is 69.5 Å². The van der Waals surface area contributed by atoms with Gasteiger partial charge in [-0.1, -0.05) is 6.07 Å². The van der Waals surface area contributed by atoms with Crippen molar-refractivity contribution in [1.82, 2.24) is 10.2 Å². The van der Waals surface area contributed by atoms with Crippen LogP contribution in [0.2, 0.25) is 0 Å². The zero-order valence-electron chi connectivity index (χ0n) is 20.4. The minimum Gasteiger partial charge on any atom is -0.497 e. The number of fused-ring (bicyclic) bond motifs is 3. The predicted molar refractivity (Wildman–Crippen MR) is 135 cm³/mol. The number of carbonyl (C=O) groups is 1. The Morgan fingerprint density at radius 2 is 1.91 bits per heavy atom. The quantitative estimate of drug-likeness (QED) is 0.613. The zero-order valence-corrected chi connectivity index (χ0v) is 20.4. The fourth-order valence-electron chi connectivity index (χ4n) is 5.56. The number of carbonyl (C=O) groups excluding carboxylic acids is 1. The zero-order chi connectivity index (χ0) is 24.2. The Hall–Kier alpha value is -2.84. The van der Waals surface area contributed by atoms with Gasteiger partial charge in [-0.05, 0) is 55.3 Å². The molecule has 8 heteroatoms. The minimum absolute atomic E-state index is 0.0349. The van der Waals surface area contributed by atoms with Gasteiger partial charge in [-0.25, -0.2) is 4.39 Å². The molecule has 0 bridgehead atoms. The summed E-state index contributed by atoms with van der Waals surface area (Å²) < 4.78 is 24.4. The minimum atomic E-state index is -0.236. The average molecular weight is 483 g/mol. The summed E-state index contributed by atoms with van der Waals surface area (Å²) >= 11 is 0. The molecule has 1 amide bonds. The van der Waals surface area contributed by atoms with Crippen molar-refractivity contribution in [1.29, 1.82) is 0 Å². The summed E-state index contributed by atoms with van der Waals surface area (Å²) in [6, 6.07) is 12.8. The van der Waals surface area contributed by atoms with Gasteiger partial charge in [0, 0.05) is 56.7 Å². The van der Waals surface area contributed by atoms with Crippen LogP contribution in [0.5, 0.6) is 5.75 Å². The maximum atomic E-state index is 13.5. The van der Waals surface area contributed by atoms with Gasteiger partial charge in [0.1, 0.15) is 11.6 Å². The summed E-state index contributed by atoms with van der Waals surface area (Å²) in [7, 11) is 1.68. The van der Waals surface area contributed by atoms with Crippen molar-refractivity contribution in [2.75, 3.05) is 75.9 Å². The number of morpholine rings is 1. The highest BCUT2D eigenvalue weighted by atomic mass is 19.1. The molecule has 7 nitrogen and oxygen atoms in total. The molecule has 2 aromatic rings. The number of amides is 1. The first-order valence-corrected chi connectivity index (χ1v) is 12.6. The molecular formula is C27H35FN4O3. The molecule has 3 aliphatic heterocycles. The van der Waals surface area contributed by atoms with E-state index in [0.29, 0.717) is 19.5 Å². The third-order valence-electron chi connectivity index (χ3n) is 7.51. The van der Waals surface area contributed by atoms with Crippen molar-refractivity contribution >= 4 is 17.3 Å². The molecule has 0 unspecified atom stereocenters. The van der Waals surface area contributed by atoms with Crippen molar-refractivity contribution in [3.8, 4) is 5.75 Å². The van der Waals surface area contributed by atoms with Gasteiger partial charge in [0.25, 0.3) is 0 Å². The lowest BCUT2D eigenvalue weighted by Crippen LogP contribution is -2.61. The molecular weight excluding hydrogens is 447 g/mol. The summed E-state index contributed by atoms with van der Waals surface area (Å²) in [4.78, 5) is 20.5. The number of hydrogen-bond donors (Lipinski definition) is 1. The van der Waals surface area contributed by atoms with E-state index < -0.39 is 0 Å². The first-order chi connectivity index (χ1) is 17.1. The van der Waals surface area contributed by atoms with E-state index in [1.54, 1.807) is 7.11 Å². The van der Waals surface area contributed by atoms with E-state index in [2.05, 4.69) is 32.1 Å². The highest BCUT2D eigenvalue weighted by Crippen LogP contribution is 2.39. The molecule has 1 N–H and O–H groups in total. The van der Waals surface area contributed by atoms with Crippen LogP contribution in [-0.4, -0.2) is 83.0 Å². The van der Waals surface area contributed by atoms with Gasteiger partial charge in [-0.3, -0.25) is 9.69 Å². The normalized spacial score (nSPS) is 22.3. The topological polar surface area (TPSA) is 57.3 Å². The van der Waals surface area contributed by atoms with E-state index >= 15 is 0 Å². The van der Waals surface area contributed by atoms with Crippen LogP contribution >= 0.6 is 0 Å². The molecule has 5 rings (SSSR count). The molecule has 35 heavy (non-hydrogen) atoms. The number of piperazine rings is 1. The number of ether oxygens (including phenoxy) is 2. The monoisotopic (exact) mass is 482 g/mol. The molecule has 2 fully saturated rings. The summed E-state index contributed by atoms with van der Waals surface area (Å²) in [6.45, 7) is 7.49. The third kappa shape index (κ3) is 5.38. The second kappa shape index (κ2) is 10.8. The smallest absolute Gasteiger partial charge is 0.225 e. The number of anilines is 2. The summed E-state index contributed by atoms with van der Waals surface area (Å²) in [5.74, 6) is 0.557. The van der Waals surface area contributed by atoms with Gasteiger partial charge in [0.2, 0.25) is 5.91 Å². The largest absolute Gasteiger partial charge is 0.497 e. The molecule has 0 saturated carbocycles. The lowest BCUT2D eigenvalue weighted by Gasteiger charge is -2.49. The third-order valence-corrected chi connectivity index (χ3v) is 7.51. The Morgan fingerprint density at radius 3 is 2.69 bits per heavy atom. The second-order valence-electron chi connectivity index (χ2n) is 9.59. The Kier molecular flexibility index (Phi) is 7.39. The van der Waals surface area contributed by atoms with Crippen molar-refractivity contribution in [3.05, 3.63) is 53.8 Å².